The van der Waals surface area contributed by atoms with Crippen LogP contribution >= 0.6 is 0 Å². The molecule has 1 aliphatic heterocycles. The van der Waals surface area contributed by atoms with Crippen molar-refractivity contribution in [2.24, 2.45) is 0 Å². The highest BCUT2D eigenvalue weighted by Gasteiger charge is 2.29. The molecule has 4 rings (SSSR count). The van der Waals surface area contributed by atoms with Crippen LogP contribution in [0.2, 0.25) is 0 Å². The fourth-order valence-electron chi connectivity index (χ4n) is 4.15. The Morgan fingerprint density at radius 1 is 0.861 bits per heavy atom. The van der Waals surface area contributed by atoms with E-state index in [0.29, 0.717) is 32.6 Å². The van der Waals surface area contributed by atoms with E-state index in [9.17, 15) is 19.7 Å². The van der Waals surface area contributed by atoms with E-state index in [-0.39, 0.29) is 18.2 Å². The highest BCUT2D eigenvalue weighted by Crippen LogP contribution is 2.21. The van der Waals surface area contributed by atoms with Crippen LogP contribution in [0, 0.1) is 10.1 Å². The molecule has 1 saturated heterocycles. The average Bonchev–Trinajstić information content (AvgIpc) is 2.92. The molecule has 0 saturated carbocycles. The van der Waals surface area contributed by atoms with Gasteiger partial charge in [0.2, 0.25) is 5.91 Å². The number of anilines is 1. The lowest BCUT2D eigenvalue weighted by Crippen LogP contribution is -2.55. The van der Waals surface area contributed by atoms with Crippen molar-refractivity contribution in [3.8, 4) is 0 Å². The zero-order chi connectivity index (χ0) is 25.3. The van der Waals surface area contributed by atoms with Gasteiger partial charge in [0.15, 0.2) is 0 Å². The summed E-state index contributed by atoms with van der Waals surface area (Å²) in [5.41, 5.74) is 2.71. The second kappa shape index (κ2) is 11.8. The van der Waals surface area contributed by atoms with Gasteiger partial charge >= 0.3 is 6.09 Å². The SMILES string of the molecule is O=C(N[C@@H](Cc1ccccc1)C(=O)N1CCN(c2ccc([N+](=O)[O-])cc2)CC1)OCc1ccccc1. The number of nitrogens with zero attached hydrogens (tertiary/aromatic N) is 3. The predicted octanol–water partition coefficient (Wildman–Crippen LogP) is 3.78. The standard InChI is InChI=1S/C27H28N4O5/c32-26(30-17-15-29(16-18-30)23-11-13-24(14-12-23)31(34)35)25(19-21-7-3-1-4-8-21)28-27(33)36-20-22-9-5-2-6-10-22/h1-14,25H,15-20H2,(H,28,33)/t25-/m0/s1. The number of ether oxygens (including phenoxy) is 1. The Labute approximate surface area is 209 Å². The first kappa shape index (κ1) is 24.7. The number of nitro groups is 1. The number of carbonyl (C=O) groups excluding carboxylic acids is 2. The maximum atomic E-state index is 13.4. The fraction of sp³-hybridized carbons (Fsp3) is 0.259. The van der Waals surface area contributed by atoms with Gasteiger partial charge in [-0.1, -0.05) is 60.7 Å². The number of benzene rings is 3. The number of rotatable bonds is 8. The first-order valence-corrected chi connectivity index (χ1v) is 11.8. The predicted molar refractivity (Wildman–Crippen MR) is 136 cm³/mol. The molecule has 0 bridgehead atoms. The summed E-state index contributed by atoms with van der Waals surface area (Å²) in [6.07, 6.45) is -0.291. The summed E-state index contributed by atoms with van der Waals surface area (Å²) in [5, 5.41) is 13.7. The van der Waals surface area contributed by atoms with Crippen molar-refractivity contribution in [3.63, 3.8) is 0 Å². The van der Waals surface area contributed by atoms with Crippen molar-refractivity contribution in [2.75, 3.05) is 31.1 Å². The highest BCUT2D eigenvalue weighted by molar-refractivity contribution is 5.86. The molecule has 1 atom stereocenters. The van der Waals surface area contributed by atoms with Gasteiger partial charge < -0.3 is 19.9 Å². The molecule has 2 amide bonds. The molecule has 0 spiro atoms. The lowest BCUT2D eigenvalue weighted by molar-refractivity contribution is -0.384. The van der Waals surface area contributed by atoms with Gasteiger partial charge in [-0.2, -0.15) is 0 Å². The van der Waals surface area contributed by atoms with Crippen LogP contribution in [0.5, 0.6) is 0 Å². The summed E-state index contributed by atoms with van der Waals surface area (Å²) < 4.78 is 5.36. The molecular weight excluding hydrogens is 460 g/mol. The molecule has 0 unspecified atom stereocenters. The minimum Gasteiger partial charge on any atom is -0.445 e. The van der Waals surface area contributed by atoms with Gasteiger partial charge in [0.1, 0.15) is 12.6 Å². The zero-order valence-corrected chi connectivity index (χ0v) is 19.8. The summed E-state index contributed by atoms with van der Waals surface area (Å²) in [7, 11) is 0. The number of piperazine rings is 1. The number of hydrogen-bond acceptors (Lipinski definition) is 6. The second-order valence-corrected chi connectivity index (χ2v) is 8.53. The van der Waals surface area contributed by atoms with E-state index < -0.39 is 17.1 Å². The molecule has 0 aromatic heterocycles. The van der Waals surface area contributed by atoms with Gasteiger partial charge in [-0.15, -0.1) is 0 Å². The number of alkyl carbamates (subject to hydrolysis) is 1. The Balaban J connectivity index is 1.37. The Morgan fingerprint density at radius 2 is 1.44 bits per heavy atom. The molecule has 3 aromatic carbocycles. The third-order valence-corrected chi connectivity index (χ3v) is 6.10. The molecule has 1 heterocycles. The average molecular weight is 489 g/mol. The van der Waals surface area contributed by atoms with E-state index in [1.807, 2.05) is 60.7 Å². The van der Waals surface area contributed by atoms with Crippen LogP contribution in [-0.2, 0) is 22.6 Å². The first-order chi connectivity index (χ1) is 17.5. The maximum Gasteiger partial charge on any atom is 0.408 e. The monoisotopic (exact) mass is 488 g/mol. The largest absolute Gasteiger partial charge is 0.445 e. The maximum absolute atomic E-state index is 13.4. The van der Waals surface area contributed by atoms with Gasteiger partial charge in [0.05, 0.1) is 4.92 Å². The van der Waals surface area contributed by atoms with Crippen molar-refractivity contribution in [1.29, 1.82) is 0 Å². The summed E-state index contributed by atoms with van der Waals surface area (Å²) in [5.74, 6) is -0.168. The smallest absolute Gasteiger partial charge is 0.408 e. The van der Waals surface area contributed by atoms with E-state index >= 15 is 0 Å². The molecule has 186 valence electrons. The highest BCUT2D eigenvalue weighted by atomic mass is 16.6. The van der Waals surface area contributed by atoms with Gasteiger partial charge in [-0.3, -0.25) is 14.9 Å². The lowest BCUT2D eigenvalue weighted by atomic mass is 10.0. The third kappa shape index (κ3) is 6.59. The van der Waals surface area contributed by atoms with E-state index in [4.69, 9.17) is 4.74 Å². The molecular formula is C27H28N4O5. The van der Waals surface area contributed by atoms with Crippen molar-refractivity contribution in [3.05, 3.63) is 106 Å². The number of carbonyl (C=O) groups is 2. The summed E-state index contributed by atoms with van der Waals surface area (Å²) in [6, 6.07) is 24.5. The van der Waals surface area contributed by atoms with E-state index in [1.54, 1.807) is 17.0 Å². The molecule has 1 fully saturated rings. The molecule has 0 aliphatic carbocycles. The molecule has 1 N–H and O–H groups in total. The van der Waals surface area contributed by atoms with E-state index in [1.165, 1.54) is 12.1 Å². The number of nitrogens with one attached hydrogen (secondary N) is 1. The Hall–Kier alpha value is -4.40. The van der Waals surface area contributed by atoms with Gasteiger partial charge in [-0.05, 0) is 23.3 Å². The van der Waals surface area contributed by atoms with Crippen LogP contribution in [0.25, 0.3) is 0 Å². The van der Waals surface area contributed by atoms with Crippen LogP contribution in [0.1, 0.15) is 11.1 Å². The van der Waals surface area contributed by atoms with Crippen molar-refractivity contribution in [2.45, 2.75) is 19.1 Å². The van der Waals surface area contributed by atoms with Crippen LogP contribution < -0.4 is 10.2 Å². The number of non-ortho nitro benzene ring substituents is 1. The van der Waals surface area contributed by atoms with Crippen molar-refractivity contribution >= 4 is 23.4 Å². The quantitative estimate of drug-likeness (QED) is 0.382. The number of hydrogen-bond donors (Lipinski definition) is 1. The van der Waals surface area contributed by atoms with Gasteiger partial charge in [-0.25, -0.2) is 4.79 Å². The third-order valence-electron chi connectivity index (χ3n) is 6.10. The second-order valence-electron chi connectivity index (χ2n) is 8.53. The van der Waals surface area contributed by atoms with Crippen molar-refractivity contribution < 1.29 is 19.2 Å². The molecule has 0 radical (unpaired) electrons. The summed E-state index contributed by atoms with van der Waals surface area (Å²) >= 11 is 0. The molecule has 3 aromatic rings. The van der Waals surface area contributed by atoms with Gasteiger partial charge in [0, 0.05) is 50.4 Å². The first-order valence-electron chi connectivity index (χ1n) is 11.8. The van der Waals surface area contributed by atoms with E-state index in [0.717, 1.165) is 16.8 Å². The van der Waals surface area contributed by atoms with Crippen LogP contribution in [-0.4, -0.2) is 54.0 Å². The summed E-state index contributed by atoms with van der Waals surface area (Å²) in [6.45, 7) is 2.23. The topological polar surface area (TPSA) is 105 Å². The normalized spacial score (nSPS) is 14.1. The van der Waals surface area contributed by atoms with Crippen LogP contribution in [0.4, 0.5) is 16.2 Å². The molecule has 36 heavy (non-hydrogen) atoms. The summed E-state index contributed by atoms with van der Waals surface area (Å²) in [4.78, 5) is 40.3. The van der Waals surface area contributed by atoms with Crippen LogP contribution in [0.3, 0.4) is 0 Å². The van der Waals surface area contributed by atoms with Gasteiger partial charge in [0.25, 0.3) is 5.69 Å². The minimum absolute atomic E-state index is 0.0431. The number of nitro benzene ring substituents is 1. The lowest BCUT2D eigenvalue weighted by Gasteiger charge is -2.37. The number of amides is 2. The molecule has 9 nitrogen and oxygen atoms in total. The molecule has 1 aliphatic rings. The Morgan fingerprint density at radius 3 is 2.03 bits per heavy atom. The van der Waals surface area contributed by atoms with Crippen LogP contribution in [0.15, 0.2) is 84.9 Å². The Kier molecular flexibility index (Phi) is 8.12. The zero-order valence-electron chi connectivity index (χ0n) is 19.8. The minimum atomic E-state index is -0.762. The Bertz CT molecular complexity index is 1160. The molecule has 9 heteroatoms. The fourth-order valence-corrected chi connectivity index (χ4v) is 4.15. The van der Waals surface area contributed by atoms with E-state index in [2.05, 4.69) is 10.2 Å². The van der Waals surface area contributed by atoms with Crippen molar-refractivity contribution in [1.82, 2.24) is 10.2 Å².